The second-order valence-electron chi connectivity index (χ2n) is 3.60. The first-order valence-corrected chi connectivity index (χ1v) is 5.94. The molecule has 0 spiro atoms. The zero-order valence-electron chi connectivity index (χ0n) is 9.17. The Morgan fingerprint density at radius 3 is 2.44 bits per heavy atom. The zero-order chi connectivity index (χ0) is 12.1. The second-order valence-corrected chi connectivity index (χ2v) is 4.79. The van der Waals surface area contributed by atoms with Crippen molar-refractivity contribution in [2.24, 2.45) is 4.99 Å². The summed E-state index contributed by atoms with van der Waals surface area (Å²) in [6, 6.07) is 3.38. The molecule has 0 aliphatic rings. The third-order valence-electron chi connectivity index (χ3n) is 1.98. The first-order valence-electron chi connectivity index (χ1n) is 4.80. The molecule has 1 aromatic rings. The van der Waals surface area contributed by atoms with E-state index in [1.165, 1.54) is 0 Å². The predicted octanol–water partition coefficient (Wildman–Crippen LogP) is 3.63. The number of halogens is 3. The van der Waals surface area contributed by atoms with Crippen LogP contribution in [0.5, 0.6) is 0 Å². The normalized spacial score (nSPS) is 11.6. The van der Waals surface area contributed by atoms with Crippen molar-refractivity contribution in [3.63, 3.8) is 0 Å². The largest absolute Gasteiger partial charge is 0.308 e. The predicted molar refractivity (Wildman–Crippen MR) is 72.5 cm³/mol. The van der Waals surface area contributed by atoms with Crippen molar-refractivity contribution in [1.82, 2.24) is 4.90 Å². The molecule has 5 heteroatoms. The summed E-state index contributed by atoms with van der Waals surface area (Å²) >= 11 is 17.9. The lowest BCUT2D eigenvalue weighted by molar-refractivity contribution is 0.421. The lowest BCUT2D eigenvalue weighted by Crippen LogP contribution is -2.15. The fourth-order valence-corrected chi connectivity index (χ4v) is 1.71. The summed E-state index contributed by atoms with van der Waals surface area (Å²) < 4.78 is 0. The Morgan fingerprint density at radius 1 is 1.19 bits per heavy atom. The van der Waals surface area contributed by atoms with Crippen molar-refractivity contribution in [2.75, 3.05) is 27.2 Å². The van der Waals surface area contributed by atoms with Gasteiger partial charge in [0.25, 0.3) is 0 Å². The van der Waals surface area contributed by atoms with E-state index < -0.39 is 0 Å². The highest BCUT2D eigenvalue weighted by Crippen LogP contribution is 2.29. The van der Waals surface area contributed by atoms with Crippen LogP contribution in [0.15, 0.2) is 17.1 Å². The molecular weight excluding hydrogens is 266 g/mol. The van der Waals surface area contributed by atoms with E-state index in [4.69, 9.17) is 34.8 Å². The Kier molecular flexibility index (Phi) is 5.56. The molecule has 0 radical (unpaired) electrons. The third-order valence-corrected chi connectivity index (χ3v) is 3.12. The Bertz CT molecular complexity index is 389. The smallest absolute Gasteiger partial charge is 0.0694 e. The van der Waals surface area contributed by atoms with Crippen LogP contribution in [0.3, 0.4) is 0 Å². The van der Waals surface area contributed by atoms with Crippen LogP contribution >= 0.6 is 34.8 Å². The topological polar surface area (TPSA) is 15.6 Å². The van der Waals surface area contributed by atoms with E-state index in [9.17, 15) is 0 Å². The average Bonchev–Trinajstić information content (AvgIpc) is 2.22. The minimum atomic E-state index is 0.447. The van der Waals surface area contributed by atoms with Gasteiger partial charge in [-0.3, -0.25) is 4.99 Å². The van der Waals surface area contributed by atoms with Gasteiger partial charge in [0, 0.05) is 18.3 Å². The van der Waals surface area contributed by atoms with E-state index in [1.54, 1.807) is 18.3 Å². The Hall–Kier alpha value is -0.280. The monoisotopic (exact) mass is 278 g/mol. The van der Waals surface area contributed by atoms with Crippen LogP contribution in [0.1, 0.15) is 5.56 Å². The molecule has 0 saturated carbocycles. The number of aliphatic imine (C=N–C) groups is 1. The molecule has 0 bridgehead atoms. The average molecular weight is 280 g/mol. The molecule has 0 aliphatic heterocycles. The summed E-state index contributed by atoms with van der Waals surface area (Å²) in [4.78, 5) is 6.30. The summed E-state index contributed by atoms with van der Waals surface area (Å²) in [7, 11) is 3.99. The molecule has 0 N–H and O–H groups in total. The van der Waals surface area contributed by atoms with E-state index in [0.29, 0.717) is 27.2 Å². The van der Waals surface area contributed by atoms with Crippen LogP contribution in [0, 0.1) is 0 Å². The quantitative estimate of drug-likeness (QED) is 0.607. The van der Waals surface area contributed by atoms with Crippen molar-refractivity contribution in [3.8, 4) is 0 Å². The van der Waals surface area contributed by atoms with Gasteiger partial charge in [0.15, 0.2) is 0 Å². The minimum absolute atomic E-state index is 0.447. The first kappa shape index (κ1) is 13.8. The molecule has 0 saturated heterocycles. The Morgan fingerprint density at radius 2 is 1.81 bits per heavy atom. The lowest BCUT2D eigenvalue weighted by Gasteiger charge is -2.06. The highest BCUT2D eigenvalue weighted by atomic mass is 35.5. The summed E-state index contributed by atoms with van der Waals surface area (Å²) in [6.07, 6.45) is 1.67. The summed E-state index contributed by atoms with van der Waals surface area (Å²) in [5, 5.41) is 1.49. The van der Waals surface area contributed by atoms with E-state index in [1.807, 2.05) is 14.1 Å². The van der Waals surface area contributed by atoms with Crippen molar-refractivity contribution in [2.45, 2.75) is 0 Å². The Balaban J connectivity index is 2.76. The molecule has 0 atom stereocenters. The van der Waals surface area contributed by atoms with Gasteiger partial charge in [-0.05, 0) is 26.2 Å². The van der Waals surface area contributed by atoms with E-state index in [0.717, 1.165) is 6.54 Å². The van der Waals surface area contributed by atoms with Gasteiger partial charge >= 0.3 is 0 Å². The van der Waals surface area contributed by atoms with Crippen molar-refractivity contribution in [3.05, 3.63) is 32.8 Å². The maximum Gasteiger partial charge on any atom is 0.0694 e. The van der Waals surface area contributed by atoms with Crippen molar-refractivity contribution >= 4 is 41.0 Å². The fraction of sp³-hybridized carbons (Fsp3) is 0.364. The van der Waals surface area contributed by atoms with Gasteiger partial charge in [-0.1, -0.05) is 34.8 Å². The van der Waals surface area contributed by atoms with Crippen molar-refractivity contribution in [1.29, 1.82) is 0 Å². The molecule has 0 heterocycles. The Labute approximate surface area is 111 Å². The molecule has 0 aliphatic carbocycles. The van der Waals surface area contributed by atoms with Gasteiger partial charge in [-0.15, -0.1) is 0 Å². The van der Waals surface area contributed by atoms with Gasteiger partial charge in [-0.2, -0.15) is 0 Å². The van der Waals surface area contributed by atoms with E-state index >= 15 is 0 Å². The maximum absolute atomic E-state index is 6.02. The van der Waals surface area contributed by atoms with Crippen LogP contribution in [0.4, 0.5) is 0 Å². The lowest BCUT2D eigenvalue weighted by atomic mass is 10.2. The summed E-state index contributed by atoms with van der Waals surface area (Å²) in [5.74, 6) is 0. The number of likely N-dealkylation sites (N-methyl/N-ethyl adjacent to an activating group) is 1. The summed E-state index contributed by atoms with van der Waals surface area (Å²) in [6.45, 7) is 1.58. The molecule has 1 rings (SSSR count). The van der Waals surface area contributed by atoms with Gasteiger partial charge in [0.1, 0.15) is 0 Å². The number of nitrogens with zero attached hydrogens (tertiary/aromatic N) is 2. The van der Waals surface area contributed by atoms with Gasteiger partial charge in [0.2, 0.25) is 0 Å². The minimum Gasteiger partial charge on any atom is -0.308 e. The fourth-order valence-electron chi connectivity index (χ4n) is 1.07. The third kappa shape index (κ3) is 3.95. The SMILES string of the molecule is CN(C)CCN=Cc1c(Cl)ccc(Cl)c1Cl. The van der Waals surface area contributed by atoms with Crippen LogP contribution in [0.25, 0.3) is 0 Å². The molecule has 0 amide bonds. The number of benzene rings is 1. The van der Waals surface area contributed by atoms with Gasteiger partial charge in [0.05, 0.1) is 21.6 Å². The number of rotatable bonds is 4. The summed E-state index contributed by atoms with van der Waals surface area (Å²) in [5.41, 5.74) is 0.676. The van der Waals surface area contributed by atoms with Crippen LogP contribution in [0.2, 0.25) is 15.1 Å². The standard InChI is InChI=1S/C11H13Cl3N2/c1-16(2)6-5-15-7-8-9(12)3-4-10(13)11(8)14/h3-4,7H,5-6H2,1-2H3. The molecule has 16 heavy (non-hydrogen) atoms. The van der Waals surface area contributed by atoms with Crippen LogP contribution < -0.4 is 0 Å². The molecule has 1 aromatic carbocycles. The maximum atomic E-state index is 6.02. The molecule has 0 unspecified atom stereocenters. The molecule has 0 aromatic heterocycles. The zero-order valence-corrected chi connectivity index (χ0v) is 11.4. The highest BCUT2D eigenvalue weighted by molar-refractivity contribution is 6.45. The molecule has 2 nitrogen and oxygen atoms in total. The van der Waals surface area contributed by atoms with Crippen LogP contribution in [-0.4, -0.2) is 38.3 Å². The van der Waals surface area contributed by atoms with Crippen LogP contribution in [-0.2, 0) is 0 Å². The first-order chi connectivity index (χ1) is 7.52. The van der Waals surface area contributed by atoms with E-state index in [2.05, 4.69) is 9.89 Å². The highest BCUT2D eigenvalue weighted by Gasteiger charge is 2.06. The molecular formula is C11H13Cl3N2. The van der Waals surface area contributed by atoms with Crippen molar-refractivity contribution < 1.29 is 0 Å². The number of hydrogen-bond donors (Lipinski definition) is 0. The number of hydrogen-bond acceptors (Lipinski definition) is 2. The molecule has 88 valence electrons. The second kappa shape index (κ2) is 6.45. The van der Waals surface area contributed by atoms with E-state index in [-0.39, 0.29) is 0 Å². The van der Waals surface area contributed by atoms with Gasteiger partial charge < -0.3 is 4.90 Å². The van der Waals surface area contributed by atoms with Gasteiger partial charge in [-0.25, -0.2) is 0 Å². The molecule has 0 fully saturated rings.